The maximum absolute atomic E-state index is 12.1. The monoisotopic (exact) mass is 323 g/mol. The fraction of sp³-hybridized carbons (Fsp3) is 0.286. The number of nitrogens with one attached hydrogen (secondary N) is 1. The van der Waals surface area contributed by atoms with E-state index in [0.29, 0.717) is 0 Å². The van der Waals surface area contributed by atoms with Gasteiger partial charge in [0.1, 0.15) is 5.60 Å². The number of alkyl carbamates (subject to hydrolysis) is 1. The highest BCUT2D eigenvalue weighted by Gasteiger charge is 2.19. The van der Waals surface area contributed by atoms with Crippen molar-refractivity contribution in [2.24, 2.45) is 0 Å². The number of hydrogen-bond donors (Lipinski definition) is 1. The van der Waals surface area contributed by atoms with Gasteiger partial charge >= 0.3 is 6.09 Å². The average molecular weight is 323 g/mol. The van der Waals surface area contributed by atoms with Crippen LogP contribution in [0.2, 0.25) is 0 Å². The Morgan fingerprint density at radius 1 is 1.08 bits per heavy atom. The van der Waals surface area contributed by atoms with Crippen molar-refractivity contribution >= 4 is 12.2 Å². The van der Waals surface area contributed by atoms with Crippen molar-refractivity contribution in [3.05, 3.63) is 77.4 Å². The topological polar surface area (TPSA) is 38.3 Å². The third-order valence-corrected chi connectivity index (χ3v) is 3.35. The molecule has 0 bridgehead atoms. The third kappa shape index (κ3) is 5.92. The minimum Gasteiger partial charge on any atom is -0.444 e. The summed E-state index contributed by atoms with van der Waals surface area (Å²) in [5.41, 5.74) is 2.79. The second-order valence-corrected chi connectivity index (χ2v) is 6.81. The largest absolute Gasteiger partial charge is 0.444 e. The third-order valence-electron chi connectivity index (χ3n) is 3.35. The second-order valence-electron chi connectivity index (χ2n) is 6.81. The Bertz CT molecular complexity index is 699. The SMILES string of the molecule is Cc1cccc(/C=C/[C@@H](NC(=O)OC(C)(C)C)c2ccccc2)c1. The molecule has 0 saturated carbocycles. The number of benzene rings is 2. The fourth-order valence-electron chi connectivity index (χ4n) is 2.32. The molecule has 3 nitrogen and oxygen atoms in total. The quantitative estimate of drug-likeness (QED) is 0.832. The predicted molar refractivity (Wildman–Crippen MR) is 98.8 cm³/mol. The first-order chi connectivity index (χ1) is 11.3. The van der Waals surface area contributed by atoms with Gasteiger partial charge in [0.2, 0.25) is 0 Å². The van der Waals surface area contributed by atoms with E-state index in [4.69, 9.17) is 4.74 Å². The van der Waals surface area contributed by atoms with Crippen LogP contribution in [-0.2, 0) is 4.74 Å². The summed E-state index contributed by atoms with van der Waals surface area (Å²) in [5.74, 6) is 0. The van der Waals surface area contributed by atoms with Crippen molar-refractivity contribution in [3.8, 4) is 0 Å². The van der Waals surface area contributed by atoms with Gasteiger partial charge in [-0.15, -0.1) is 0 Å². The van der Waals surface area contributed by atoms with E-state index in [2.05, 4.69) is 24.4 Å². The minimum atomic E-state index is -0.522. The lowest BCUT2D eigenvalue weighted by Crippen LogP contribution is -2.34. The Labute approximate surface area is 144 Å². The molecule has 0 radical (unpaired) electrons. The van der Waals surface area contributed by atoms with Gasteiger partial charge in [0.25, 0.3) is 0 Å². The number of carbonyl (C=O) groups excluding carboxylic acids is 1. The zero-order valence-corrected chi connectivity index (χ0v) is 14.7. The maximum atomic E-state index is 12.1. The highest BCUT2D eigenvalue weighted by Crippen LogP contribution is 2.18. The summed E-state index contributed by atoms with van der Waals surface area (Å²) in [4.78, 5) is 12.1. The normalized spacial score (nSPS) is 12.8. The van der Waals surface area contributed by atoms with Crippen LogP contribution in [0.15, 0.2) is 60.7 Å². The first kappa shape index (κ1) is 17.8. The molecular formula is C21H25NO2. The Morgan fingerprint density at radius 2 is 1.79 bits per heavy atom. The average Bonchev–Trinajstić information content (AvgIpc) is 2.50. The highest BCUT2D eigenvalue weighted by molar-refractivity contribution is 5.69. The molecule has 0 fully saturated rings. The summed E-state index contributed by atoms with van der Waals surface area (Å²) < 4.78 is 5.38. The molecule has 0 spiro atoms. The zero-order valence-electron chi connectivity index (χ0n) is 14.7. The molecule has 2 aromatic rings. The molecule has 1 N–H and O–H groups in total. The summed E-state index contributed by atoms with van der Waals surface area (Å²) in [6.07, 6.45) is 3.57. The van der Waals surface area contributed by atoms with E-state index in [-0.39, 0.29) is 6.04 Å². The summed E-state index contributed by atoms with van der Waals surface area (Å²) in [6.45, 7) is 7.62. The van der Waals surface area contributed by atoms with Gasteiger partial charge in [-0.3, -0.25) is 0 Å². The molecule has 24 heavy (non-hydrogen) atoms. The molecule has 1 atom stereocenters. The van der Waals surface area contributed by atoms with Crippen molar-refractivity contribution in [2.75, 3.05) is 0 Å². The first-order valence-corrected chi connectivity index (χ1v) is 8.13. The molecule has 0 aliphatic rings. The van der Waals surface area contributed by atoms with Crippen molar-refractivity contribution < 1.29 is 9.53 Å². The fourth-order valence-corrected chi connectivity index (χ4v) is 2.32. The molecule has 0 saturated heterocycles. The van der Waals surface area contributed by atoms with Crippen LogP contribution in [0.4, 0.5) is 4.79 Å². The zero-order chi connectivity index (χ0) is 17.6. The lowest BCUT2D eigenvalue weighted by molar-refractivity contribution is 0.0514. The number of rotatable bonds is 4. The van der Waals surface area contributed by atoms with Gasteiger partial charge in [-0.05, 0) is 38.8 Å². The lowest BCUT2D eigenvalue weighted by atomic mass is 10.0. The van der Waals surface area contributed by atoms with Crippen molar-refractivity contribution in [2.45, 2.75) is 39.3 Å². The predicted octanol–water partition coefficient (Wildman–Crippen LogP) is 5.27. The molecule has 0 aliphatic heterocycles. The Kier molecular flexibility index (Phi) is 5.80. The molecule has 2 aromatic carbocycles. The van der Waals surface area contributed by atoms with Crippen LogP contribution in [0, 0.1) is 6.92 Å². The van der Waals surface area contributed by atoms with Gasteiger partial charge in [0, 0.05) is 0 Å². The van der Waals surface area contributed by atoms with Crippen LogP contribution in [-0.4, -0.2) is 11.7 Å². The second kappa shape index (κ2) is 7.82. The van der Waals surface area contributed by atoms with Crippen LogP contribution in [0.25, 0.3) is 6.08 Å². The summed E-state index contributed by atoms with van der Waals surface area (Å²) in [6, 6.07) is 17.8. The molecule has 0 aromatic heterocycles. The Balaban J connectivity index is 2.19. The van der Waals surface area contributed by atoms with Crippen LogP contribution in [0.3, 0.4) is 0 Å². The van der Waals surface area contributed by atoms with Crippen LogP contribution in [0.1, 0.15) is 43.5 Å². The first-order valence-electron chi connectivity index (χ1n) is 8.13. The molecule has 3 heteroatoms. The number of hydrogen-bond acceptors (Lipinski definition) is 2. The maximum Gasteiger partial charge on any atom is 0.408 e. The standard InChI is InChI=1S/C21H25NO2/c1-16-9-8-10-17(15-16)13-14-19(18-11-6-5-7-12-18)22-20(23)24-21(2,3)4/h5-15,19H,1-4H3,(H,22,23)/b14-13+/t19-/m1/s1. The number of amides is 1. The van der Waals surface area contributed by atoms with E-state index >= 15 is 0 Å². The molecule has 0 heterocycles. The summed E-state index contributed by atoms with van der Waals surface area (Å²) in [5, 5.41) is 2.93. The van der Waals surface area contributed by atoms with Gasteiger partial charge in [-0.25, -0.2) is 4.79 Å². The lowest BCUT2D eigenvalue weighted by Gasteiger charge is -2.22. The number of ether oxygens (including phenoxy) is 1. The van der Waals surface area contributed by atoms with Gasteiger partial charge in [0.05, 0.1) is 6.04 Å². The van der Waals surface area contributed by atoms with Crippen molar-refractivity contribution in [1.29, 1.82) is 0 Å². The van der Waals surface area contributed by atoms with Gasteiger partial charge in [-0.1, -0.05) is 72.3 Å². The van der Waals surface area contributed by atoms with E-state index in [0.717, 1.165) is 11.1 Å². The molecule has 0 aliphatic carbocycles. The van der Waals surface area contributed by atoms with E-state index in [1.54, 1.807) is 0 Å². The van der Waals surface area contributed by atoms with Gasteiger partial charge in [-0.2, -0.15) is 0 Å². The van der Waals surface area contributed by atoms with Gasteiger partial charge < -0.3 is 10.1 Å². The minimum absolute atomic E-state index is 0.249. The summed E-state index contributed by atoms with van der Waals surface area (Å²) in [7, 11) is 0. The number of carbonyl (C=O) groups is 1. The highest BCUT2D eigenvalue weighted by atomic mass is 16.6. The van der Waals surface area contributed by atoms with Crippen LogP contribution < -0.4 is 5.32 Å². The van der Waals surface area contributed by atoms with Gasteiger partial charge in [0.15, 0.2) is 0 Å². The van der Waals surface area contributed by atoms with Crippen molar-refractivity contribution in [3.63, 3.8) is 0 Å². The van der Waals surface area contributed by atoms with E-state index in [9.17, 15) is 4.79 Å². The smallest absolute Gasteiger partial charge is 0.408 e. The molecule has 126 valence electrons. The van der Waals surface area contributed by atoms with Crippen LogP contribution in [0.5, 0.6) is 0 Å². The summed E-state index contributed by atoms with van der Waals surface area (Å²) >= 11 is 0. The Morgan fingerprint density at radius 3 is 2.42 bits per heavy atom. The molecule has 2 rings (SSSR count). The van der Waals surface area contributed by atoms with E-state index in [1.165, 1.54) is 5.56 Å². The Hall–Kier alpha value is -2.55. The number of aryl methyl sites for hydroxylation is 1. The van der Waals surface area contributed by atoms with Crippen molar-refractivity contribution in [1.82, 2.24) is 5.32 Å². The molecule has 1 amide bonds. The van der Waals surface area contributed by atoms with E-state index in [1.807, 2.05) is 75.4 Å². The van der Waals surface area contributed by atoms with Crippen LogP contribution >= 0.6 is 0 Å². The van der Waals surface area contributed by atoms with E-state index < -0.39 is 11.7 Å². The molecular weight excluding hydrogens is 298 g/mol. The molecule has 0 unspecified atom stereocenters.